The second kappa shape index (κ2) is 8.38. The summed E-state index contributed by atoms with van der Waals surface area (Å²) >= 11 is 1.48. The number of nitrogens with zero attached hydrogens (tertiary/aromatic N) is 3. The molecule has 2 aliphatic carbocycles. The van der Waals surface area contributed by atoms with Gasteiger partial charge in [0.25, 0.3) is 0 Å². The molecule has 1 amide bonds. The molecule has 2 saturated carbocycles. The number of rotatable bonds is 8. The van der Waals surface area contributed by atoms with Crippen LogP contribution < -0.4 is 10.1 Å². The Kier molecular flexibility index (Phi) is 5.44. The van der Waals surface area contributed by atoms with Crippen molar-refractivity contribution in [3.05, 3.63) is 65.5 Å². The van der Waals surface area contributed by atoms with Crippen LogP contribution in [0.3, 0.4) is 0 Å². The maximum Gasteiger partial charge on any atom is 0.242 e. The van der Waals surface area contributed by atoms with Crippen molar-refractivity contribution in [1.29, 1.82) is 0 Å². The zero-order valence-corrected chi connectivity index (χ0v) is 18.6. The van der Waals surface area contributed by atoms with E-state index in [1.54, 1.807) is 7.11 Å². The van der Waals surface area contributed by atoms with Crippen molar-refractivity contribution in [1.82, 2.24) is 14.8 Å². The SMILES string of the molecule is COc1ccc(C)cc1NC(=O)[C@@H](Sc1nnc(C2CC2)n1C1CC1)c1ccccc1. The molecule has 31 heavy (non-hydrogen) atoms. The molecule has 7 heteroatoms. The van der Waals surface area contributed by atoms with Gasteiger partial charge in [0, 0.05) is 12.0 Å². The summed E-state index contributed by atoms with van der Waals surface area (Å²) < 4.78 is 7.74. The molecule has 3 aromatic rings. The Morgan fingerprint density at radius 1 is 1.13 bits per heavy atom. The third-order valence-corrected chi connectivity index (χ3v) is 6.93. The quantitative estimate of drug-likeness (QED) is 0.489. The summed E-state index contributed by atoms with van der Waals surface area (Å²) in [6.45, 7) is 2.00. The zero-order chi connectivity index (χ0) is 21.4. The first-order chi connectivity index (χ1) is 15.1. The standard InChI is InChI=1S/C24H26N4O2S/c1-15-8-13-20(30-2)19(14-15)25-23(29)21(16-6-4-3-5-7-16)31-24-27-26-22(17-9-10-17)28(24)18-11-12-18/h3-8,13-14,17-18,21H,9-12H2,1-2H3,(H,25,29)/t21-/m0/s1. The summed E-state index contributed by atoms with van der Waals surface area (Å²) in [6, 6.07) is 16.1. The number of aryl methyl sites for hydroxylation is 1. The van der Waals surface area contributed by atoms with Crippen molar-refractivity contribution in [3.8, 4) is 5.75 Å². The third-order valence-electron chi connectivity index (χ3n) is 5.72. The van der Waals surface area contributed by atoms with Crippen LogP contribution in [-0.4, -0.2) is 27.8 Å². The number of aromatic nitrogens is 3. The summed E-state index contributed by atoms with van der Waals surface area (Å²) in [5.41, 5.74) is 2.67. The van der Waals surface area contributed by atoms with E-state index in [0.29, 0.717) is 23.4 Å². The molecule has 5 rings (SSSR count). The fourth-order valence-electron chi connectivity index (χ4n) is 3.79. The van der Waals surface area contributed by atoms with E-state index in [2.05, 4.69) is 20.1 Å². The van der Waals surface area contributed by atoms with Gasteiger partial charge in [-0.1, -0.05) is 48.2 Å². The Morgan fingerprint density at radius 2 is 1.90 bits per heavy atom. The number of hydrogen-bond acceptors (Lipinski definition) is 5. The molecule has 1 atom stereocenters. The normalized spacial score (nSPS) is 16.7. The number of ether oxygens (including phenoxy) is 1. The molecule has 0 unspecified atom stereocenters. The maximum atomic E-state index is 13.5. The molecule has 160 valence electrons. The third kappa shape index (κ3) is 4.32. The largest absolute Gasteiger partial charge is 0.495 e. The highest BCUT2D eigenvalue weighted by molar-refractivity contribution is 8.00. The lowest BCUT2D eigenvalue weighted by molar-refractivity contribution is -0.115. The molecule has 0 bridgehead atoms. The number of anilines is 1. The number of hydrogen-bond donors (Lipinski definition) is 1. The highest BCUT2D eigenvalue weighted by Crippen LogP contribution is 2.47. The van der Waals surface area contributed by atoms with Crippen LogP contribution in [0, 0.1) is 6.92 Å². The molecule has 2 fully saturated rings. The van der Waals surface area contributed by atoms with Gasteiger partial charge in [0.05, 0.1) is 12.8 Å². The van der Waals surface area contributed by atoms with Gasteiger partial charge >= 0.3 is 0 Å². The Hall–Kier alpha value is -2.80. The predicted molar refractivity (Wildman–Crippen MR) is 122 cm³/mol. The molecule has 1 N–H and O–H groups in total. The van der Waals surface area contributed by atoms with Crippen molar-refractivity contribution in [2.24, 2.45) is 0 Å². The van der Waals surface area contributed by atoms with Crippen molar-refractivity contribution in [2.45, 2.75) is 55.0 Å². The molecule has 6 nitrogen and oxygen atoms in total. The van der Waals surface area contributed by atoms with E-state index in [-0.39, 0.29) is 5.91 Å². The van der Waals surface area contributed by atoms with E-state index >= 15 is 0 Å². The average Bonchev–Trinajstić information content (AvgIpc) is 3.71. The van der Waals surface area contributed by atoms with E-state index in [1.165, 1.54) is 24.6 Å². The Balaban J connectivity index is 1.46. The van der Waals surface area contributed by atoms with Crippen LogP contribution in [-0.2, 0) is 4.79 Å². The molecular weight excluding hydrogens is 408 g/mol. The fourth-order valence-corrected chi connectivity index (χ4v) is 4.90. The summed E-state index contributed by atoms with van der Waals surface area (Å²) in [5.74, 6) is 2.17. The van der Waals surface area contributed by atoms with Crippen LogP contribution in [0.5, 0.6) is 5.75 Å². The maximum absolute atomic E-state index is 13.5. The van der Waals surface area contributed by atoms with E-state index < -0.39 is 5.25 Å². The average molecular weight is 435 g/mol. The van der Waals surface area contributed by atoms with Crippen LogP contribution in [0.2, 0.25) is 0 Å². The van der Waals surface area contributed by atoms with Crippen molar-refractivity contribution in [2.75, 3.05) is 12.4 Å². The fraction of sp³-hybridized carbons (Fsp3) is 0.375. The van der Waals surface area contributed by atoms with Gasteiger partial charge in [-0.25, -0.2) is 0 Å². The smallest absolute Gasteiger partial charge is 0.242 e. The van der Waals surface area contributed by atoms with Gasteiger partial charge in [-0.3, -0.25) is 4.79 Å². The molecule has 0 radical (unpaired) electrons. The molecule has 2 aromatic carbocycles. The molecule has 0 spiro atoms. The first kappa shape index (κ1) is 20.1. The second-order valence-electron chi connectivity index (χ2n) is 8.32. The molecule has 0 saturated heterocycles. The van der Waals surface area contributed by atoms with Gasteiger partial charge in [0.2, 0.25) is 5.91 Å². The highest BCUT2D eigenvalue weighted by atomic mass is 32.2. The van der Waals surface area contributed by atoms with Crippen LogP contribution in [0.15, 0.2) is 53.7 Å². The number of carbonyl (C=O) groups is 1. The molecule has 2 aliphatic rings. The van der Waals surface area contributed by atoms with Crippen LogP contribution in [0.25, 0.3) is 0 Å². The van der Waals surface area contributed by atoms with E-state index in [4.69, 9.17) is 4.74 Å². The summed E-state index contributed by atoms with van der Waals surface area (Å²) in [5, 5.41) is 12.5. The molecule has 1 heterocycles. The number of nitrogens with one attached hydrogen (secondary N) is 1. The topological polar surface area (TPSA) is 69.0 Å². The van der Waals surface area contributed by atoms with Gasteiger partial charge in [0.15, 0.2) is 5.16 Å². The Labute approximate surface area is 186 Å². The first-order valence-corrected chi connectivity index (χ1v) is 11.6. The lowest BCUT2D eigenvalue weighted by Crippen LogP contribution is -2.20. The van der Waals surface area contributed by atoms with Gasteiger partial charge in [-0.05, 0) is 55.9 Å². The van der Waals surface area contributed by atoms with Crippen molar-refractivity contribution in [3.63, 3.8) is 0 Å². The lowest BCUT2D eigenvalue weighted by Gasteiger charge is -2.19. The van der Waals surface area contributed by atoms with Crippen LogP contribution in [0.4, 0.5) is 5.69 Å². The molecular formula is C24H26N4O2S. The van der Waals surface area contributed by atoms with Gasteiger partial charge in [-0.2, -0.15) is 0 Å². The number of thioether (sulfide) groups is 1. The zero-order valence-electron chi connectivity index (χ0n) is 17.7. The van der Waals surface area contributed by atoms with Crippen LogP contribution in [0.1, 0.15) is 59.8 Å². The highest BCUT2D eigenvalue weighted by Gasteiger charge is 2.37. The van der Waals surface area contributed by atoms with Gasteiger partial charge < -0.3 is 14.6 Å². The summed E-state index contributed by atoms with van der Waals surface area (Å²) in [7, 11) is 1.61. The summed E-state index contributed by atoms with van der Waals surface area (Å²) in [4.78, 5) is 13.5. The van der Waals surface area contributed by atoms with Crippen molar-refractivity contribution >= 4 is 23.4 Å². The minimum Gasteiger partial charge on any atom is -0.495 e. The first-order valence-electron chi connectivity index (χ1n) is 10.8. The van der Waals surface area contributed by atoms with E-state index in [9.17, 15) is 4.79 Å². The van der Waals surface area contributed by atoms with Gasteiger partial charge in [0.1, 0.15) is 16.8 Å². The Bertz CT molecular complexity index is 1090. The van der Waals surface area contributed by atoms with E-state index in [1.807, 2.05) is 55.5 Å². The monoisotopic (exact) mass is 434 g/mol. The summed E-state index contributed by atoms with van der Waals surface area (Å²) in [6.07, 6.45) is 4.69. The number of methoxy groups -OCH3 is 1. The van der Waals surface area contributed by atoms with Crippen molar-refractivity contribution < 1.29 is 9.53 Å². The number of carbonyl (C=O) groups excluding carboxylic acids is 1. The molecule has 0 aliphatic heterocycles. The van der Waals surface area contributed by atoms with E-state index in [0.717, 1.165) is 34.9 Å². The van der Waals surface area contributed by atoms with Gasteiger partial charge in [-0.15, -0.1) is 10.2 Å². The second-order valence-corrected chi connectivity index (χ2v) is 9.39. The molecule has 1 aromatic heterocycles. The minimum absolute atomic E-state index is 0.0987. The minimum atomic E-state index is -0.444. The Morgan fingerprint density at radius 3 is 2.58 bits per heavy atom. The van der Waals surface area contributed by atoms with Crippen LogP contribution >= 0.6 is 11.8 Å². The lowest BCUT2D eigenvalue weighted by atomic mass is 10.1. The number of benzene rings is 2. The predicted octanol–water partition coefficient (Wildman–Crippen LogP) is 5.28. The number of amides is 1.